The predicted octanol–water partition coefficient (Wildman–Crippen LogP) is 1.32. The molecular weight excluding hydrogens is 254 g/mol. The minimum Gasteiger partial charge on any atom is -0.208 e. The molecule has 0 aliphatic rings. The molecule has 13 heavy (non-hydrogen) atoms. The largest absolute Gasteiger partial charge is 0.274 e. The minimum atomic E-state index is -2.52. The van der Waals surface area contributed by atoms with Gasteiger partial charge in [0.25, 0.3) is 5.03 Å². The van der Waals surface area contributed by atoms with Crippen LogP contribution in [0.4, 0.5) is 0 Å². The van der Waals surface area contributed by atoms with Gasteiger partial charge in [0.1, 0.15) is 6.26 Å². The summed E-state index contributed by atoms with van der Waals surface area (Å²) in [6.07, 6.45) is 4.62. The lowest BCUT2D eigenvalue weighted by molar-refractivity contribution is 0.582. The molecule has 0 aromatic carbocycles. The third-order valence-electron chi connectivity index (χ3n) is 1.34. The molecule has 0 radical (unpaired) electrons. The number of nitrogens with zero attached hydrogens (tertiary/aromatic N) is 2. The SMILES string of the molecule is C[S+](=O)(NC#N)c1ccc(Br)cn1. The first-order valence-electron chi connectivity index (χ1n) is 3.33. The van der Waals surface area contributed by atoms with Crippen LogP contribution in [0.2, 0.25) is 0 Å². The maximum absolute atomic E-state index is 11.7. The molecule has 1 atom stereocenters. The third kappa shape index (κ3) is 2.50. The van der Waals surface area contributed by atoms with E-state index in [1.165, 1.54) is 12.5 Å². The summed E-state index contributed by atoms with van der Waals surface area (Å²) in [5.41, 5.74) is 0. The zero-order valence-electron chi connectivity index (χ0n) is 6.82. The molecule has 1 N–H and O–H groups in total. The first-order valence-corrected chi connectivity index (χ1v) is 6.09. The Morgan fingerprint density at radius 2 is 2.38 bits per heavy atom. The normalized spacial score (nSPS) is 14.2. The fraction of sp³-hybridized carbons (Fsp3) is 0.143. The first kappa shape index (κ1) is 10.2. The quantitative estimate of drug-likeness (QED) is 0.496. The lowest BCUT2D eigenvalue weighted by Crippen LogP contribution is -2.25. The molecule has 0 saturated heterocycles. The predicted molar refractivity (Wildman–Crippen MR) is 52.9 cm³/mol. The molecule has 0 saturated carbocycles. The summed E-state index contributed by atoms with van der Waals surface area (Å²) in [4.78, 5) is 3.93. The summed E-state index contributed by atoms with van der Waals surface area (Å²) >= 11 is 3.21. The Labute approximate surface area is 85.7 Å². The molecular formula is C7H7BrN3OS+. The van der Waals surface area contributed by atoms with E-state index in [0.29, 0.717) is 5.03 Å². The molecule has 1 heterocycles. The molecule has 0 spiro atoms. The highest BCUT2D eigenvalue weighted by Gasteiger charge is 2.25. The van der Waals surface area contributed by atoms with E-state index >= 15 is 0 Å². The number of halogens is 1. The molecule has 0 fully saturated rings. The Bertz CT molecular complexity index is 384. The third-order valence-corrected chi connectivity index (χ3v) is 3.33. The second kappa shape index (κ2) is 3.85. The molecule has 6 heteroatoms. The van der Waals surface area contributed by atoms with Crippen LogP contribution < -0.4 is 4.72 Å². The van der Waals surface area contributed by atoms with E-state index in [0.717, 1.165) is 4.47 Å². The number of rotatable bonds is 2. The molecule has 1 aromatic rings. The molecule has 1 unspecified atom stereocenters. The molecule has 1 rings (SSSR count). The van der Waals surface area contributed by atoms with Crippen LogP contribution in [0.1, 0.15) is 0 Å². The molecule has 0 bridgehead atoms. The van der Waals surface area contributed by atoms with Gasteiger partial charge in [0, 0.05) is 16.7 Å². The summed E-state index contributed by atoms with van der Waals surface area (Å²) in [6.45, 7) is 0. The number of hydrogen-bond acceptors (Lipinski definition) is 3. The van der Waals surface area contributed by atoms with Crippen molar-refractivity contribution in [3.63, 3.8) is 0 Å². The van der Waals surface area contributed by atoms with E-state index in [-0.39, 0.29) is 0 Å². The van der Waals surface area contributed by atoms with Crippen molar-refractivity contribution >= 4 is 26.0 Å². The number of nitrogens with one attached hydrogen (secondary N) is 1. The van der Waals surface area contributed by atoms with Crippen molar-refractivity contribution in [3.05, 3.63) is 22.8 Å². The van der Waals surface area contributed by atoms with E-state index in [1.54, 1.807) is 18.3 Å². The molecule has 0 aliphatic carbocycles. The highest BCUT2D eigenvalue weighted by molar-refractivity contribution is 9.10. The van der Waals surface area contributed by atoms with E-state index in [2.05, 4.69) is 25.6 Å². The van der Waals surface area contributed by atoms with Crippen molar-refractivity contribution in [2.75, 3.05) is 6.26 Å². The van der Waals surface area contributed by atoms with Crippen LogP contribution in [-0.2, 0) is 14.3 Å². The fourth-order valence-electron chi connectivity index (χ4n) is 0.732. The Morgan fingerprint density at radius 1 is 1.69 bits per heavy atom. The van der Waals surface area contributed by atoms with Crippen molar-refractivity contribution in [1.29, 1.82) is 5.26 Å². The van der Waals surface area contributed by atoms with Crippen LogP contribution in [0.25, 0.3) is 0 Å². The summed E-state index contributed by atoms with van der Waals surface area (Å²) in [5, 5.41) is 8.71. The Hall–Kier alpha value is -0.930. The standard InChI is InChI=1S/C7H7BrN3OS/c1-13(12,11-5-9)7-3-2-6(8)4-10-7/h2-4H,1H3,(H,11,12)/q+1. The number of aromatic nitrogens is 1. The molecule has 0 aliphatic heterocycles. The average Bonchev–Trinajstić information content (AvgIpc) is 2.05. The second-order valence-electron chi connectivity index (χ2n) is 2.37. The summed E-state index contributed by atoms with van der Waals surface area (Å²) in [5.74, 6) is 0. The van der Waals surface area contributed by atoms with Gasteiger partial charge in [-0.2, -0.15) is 5.26 Å². The molecule has 0 amide bonds. The van der Waals surface area contributed by atoms with Gasteiger partial charge in [0.05, 0.1) is 0 Å². The monoisotopic (exact) mass is 260 g/mol. The smallest absolute Gasteiger partial charge is 0.208 e. The fourth-order valence-corrected chi connectivity index (χ4v) is 1.83. The van der Waals surface area contributed by atoms with Gasteiger partial charge < -0.3 is 0 Å². The van der Waals surface area contributed by atoms with Crippen molar-refractivity contribution < 1.29 is 4.21 Å². The maximum atomic E-state index is 11.7. The Balaban J connectivity index is 3.03. The van der Waals surface area contributed by atoms with Crippen LogP contribution in [0.5, 0.6) is 0 Å². The van der Waals surface area contributed by atoms with Crippen LogP contribution >= 0.6 is 15.9 Å². The Kier molecular flexibility index (Phi) is 3.01. The summed E-state index contributed by atoms with van der Waals surface area (Å²) in [7, 11) is -2.52. The lowest BCUT2D eigenvalue weighted by atomic mass is 10.5. The van der Waals surface area contributed by atoms with Gasteiger partial charge in [-0.25, -0.2) is 4.98 Å². The average molecular weight is 261 g/mol. The van der Waals surface area contributed by atoms with Crippen LogP contribution in [0.15, 0.2) is 27.8 Å². The van der Waals surface area contributed by atoms with Crippen molar-refractivity contribution in [3.8, 4) is 6.19 Å². The van der Waals surface area contributed by atoms with E-state index in [1.807, 2.05) is 0 Å². The van der Waals surface area contributed by atoms with Gasteiger partial charge >= 0.3 is 0 Å². The summed E-state index contributed by atoms with van der Waals surface area (Å²) < 4.78 is 14.7. The number of pyridine rings is 1. The van der Waals surface area contributed by atoms with E-state index in [9.17, 15) is 4.21 Å². The van der Waals surface area contributed by atoms with Gasteiger partial charge in [-0.3, -0.25) is 0 Å². The topological polar surface area (TPSA) is 65.8 Å². The lowest BCUT2D eigenvalue weighted by Gasteiger charge is -2.00. The van der Waals surface area contributed by atoms with Crippen molar-refractivity contribution in [2.24, 2.45) is 0 Å². The first-order chi connectivity index (χ1) is 6.06. The molecule has 4 nitrogen and oxygen atoms in total. The maximum Gasteiger partial charge on any atom is 0.274 e. The minimum absolute atomic E-state index is 0.372. The van der Waals surface area contributed by atoms with Crippen molar-refractivity contribution in [2.45, 2.75) is 5.03 Å². The highest BCUT2D eigenvalue weighted by atomic mass is 79.9. The number of nitriles is 1. The van der Waals surface area contributed by atoms with E-state index < -0.39 is 10.1 Å². The number of hydrogen-bond donors (Lipinski definition) is 1. The molecule has 1 aromatic heterocycles. The van der Waals surface area contributed by atoms with Gasteiger partial charge in [-0.1, -0.05) is 4.21 Å². The van der Waals surface area contributed by atoms with Gasteiger partial charge in [-0.15, -0.1) is 4.72 Å². The van der Waals surface area contributed by atoms with Gasteiger partial charge in [-0.05, 0) is 22.0 Å². The zero-order valence-corrected chi connectivity index (χ0v) is 9.22. The van der Waals surface area contributed by atoms with Crippen LogP contribution in [-0.4, -0.2) is 11.2 Å². The van der Waals surface area contributed by atoms with E-state index in [4.69, 9.17) is 5.26 Å². The molecule has 68 valence electrons. The Morgan fingerprint density at radius 3 is 2.85 bits per heavy atom. The highest BCUT2D eigenvalue weighted by Crippen LogP contribution is 2.13. The second-order valence-corrected chi connectivity index (χ2v) is 5.60. The zero-order chi connectivity index (χ0) is 9.90. The summed E-state index contributed by atoms with van der Waals surface area (Å²) in [6, 6.07) is 3.33. The van der Waals surface area contributed by atoms with Gasteiger partial charge in [0.15, 0.2) is 0 Å². The van der Waals surface area contributed by atoms with Gasteiger partial charge in [0.2, 0.25) is 16.3 Å². The van der Waals surface area contributed by atoms with Crippen LogP contribution in [0, 0.1) is 11.5 Å². The van der Waals surface area contributed by atoms with Crippen molar-refractivity contribution in [1.82, 2.24) is 9.71 Å². The van der Waals surface area contributed by atoms with Crippen LogP contribution in [0.3, 0.4) is 0 Å².